The lowest BCUT2D eigenvalue weighted by Crippen LogP contribution is -2.39. The van der Waals surface area contributed by atoms with Crippen LogP contribution < -0.4 is 15.5 Å². The van der Waals surface area contributed by atoms with E-state index in [2.05, 4.69) is 20.7 Å². The molecule has 1 aromatic rings. The Morgan fingerprint density at radius 1 is 1.46 bits per heavy atom. The van der Waals surface area contributed by atoms with Crippen LogP contribution in [0, 0.1) is 0 Å². The quantitative estimate of drug-likeness (QED) is 0.291. The highest BCUT2D eigenvalue weighted by molar-refractivity contribution is 7.80. The lowest BCUT2D eigenvalue weighted by molar-refractivity contribution is 0.0376. The molecule has 0 amide bonds. The van der Waals surface area contributed by atoms with Crippen molar-refractivity contribution in [3.8, 4) is 11.5 Å². The van der Waals surface area contributed by atoms with Gasteiger partial charge in [-0.05, 0) is 48.9 Å². The molecule has 3 N–H and O–H groups in total. The maximum Gasteiger partial charge on any atom is 0.186 e. The Morgan fingerprint density at radius 2 is 2.25 bits per heavy atom. The fraction of sp³-hybridized carbons (Fsp3) is 0.500. The minimum Gasteiger partial charge on any atom is -0.504 e. The smallest absolute Gasteiger partial charge is 0.186 e. The molecule has 0 saturated carbocycles. The van der Waals surface area contributed by atoms with Gasteiger partial charge in [0.15, 0.2) is 16.6 Å². The molecule has 24 heavy (non-hydrogen) atoms. The molecule has 0 bridgehead atoms. The highest BCUT2D eigenvalue weighted by atomic mass is 32.1. The highest BCUT2D eigenvalue weighted by Crippen LogP contribution is 2.25. The van der Waals surface area contributed by atoms with Crippen molar-refractivity contribution in [2.75, 3.05) is 46.5 Å². The van der Waals surface area contributed by atoms with Crippen LogP contribution in [0.3, 0.4) is 0 Å². The summed E-state index contributed by atoms with van der Waals surface area (Å²) < 4.78 is 10.4. The molecule has 1 fully saturated rings. The molecule has 0 aliphatic carbocycles. The van der Waals surface area contributed by atoms with Crippen LogP contribution in [0.5, 0.6) is 11.5 Å². The molecule has 1 aliphatic heterocycles. The second-order valence-electron chi connectivity index (χ2n) is 5.36. The number of hydrazone groups is 1. The van der Waals surface area contributed by atoms with Gasteiger partial charge in [-0.25, -0.2) is 0 Å². The monoisotopic (exact) mass is 352 g/mol. The summed E-state index contributed by atoms with van der Waals surface area (Å²) in [6.07, 6.45) is 2.63. The van der Waals surface area contributed by atoms with Gasteiger partial charge in [0.25, 0.3) is 0 Å². The first kappa shape index (κ1) is 18.4. The number of nitrogens with one attached hydrogen (secondary N) is 2. The van der Waals surface area contributed by atoms with Gasteiger partial charge >= 0.3 is 0 Å². The van der Waals surface area contributed by atoms with Gasteiger partial charge in [-0.1, -0.05) is 0 Å². The van der Waals surface area contributed by atoms with Crippen LogP contribution in [0.25, 0.3) is 0 Å². The van der Waals surface area contributed by atoms with Gasteiger partial charge in [0, 0.05) is 19.6 Å². The minimum atomic E-state index is 0.0973. The number of phenols is 1. The molecule has 0 radical (unpaired) electrons. The van der Waals surface area contributed by atoms with Crippen molar-refractivity contribution in [2.24, 2.45) is 5.10 Å². The van der Waals surface area contributed by atoms with Gasteiger partial charge in [0.1, 0.15) is 0 Å². The molecule has 0 spiro atoms. The predicted molar refractivity (Wildman–Crippen MR) is 97.9 cm³/mol. The number of ether oxygens (including phenoxy) is 2. The number of rotatable bonds is 7. The van der Waals surface area contributed by atoms with Crippen molar-refractivity contribution in [3.05, 3.63) is 23.8 Å². The number of nitrogens with zero attached hydrogens (tertiary/aromatic N) is 2. The number of thiocarbonyl (C=S) groups is 1. The largest absolute Gasteiger partial charge is 0.504 e. The zero-order valence-corrected chi connectivity index (χ0v) is 14.6. The van der Waals surface area contributed by atoms with Gasteiger partial charge in [0.2, 0.25) is 0 Å². The maximum absolute atomic E-state index is 9.54. The number of aromatic hydroxyl groups is 1. The van der Waals surface area contributed by atoms with Crippen LogP contribution in [0.2, 0.25) is 0 Å². The maximum atomic E-state index is 9.54. The highest BCUT2D eigenvalue weighted by Gasteiger charge is 2.09. The molecule has 0 atom stereocenters. The normalized spacial score (nSPS) is 15.4. The van der Waals surface area contributed by atoms with E-state index >= 15 is 0 Å². The summed E-state index contributed by atoms with van der Waals surface area (Å²) in [5.74, 6) is 0.503. The van der Waals surface area contributed by atoms with Gasteiger partial charge in [-0.15, -0.1) is 0 Å². The molecular formula is C16H24N4O3S. The van der Waals surface area contributed by atoms with E-state index in [1.165, 1.54) is 7.11 Å². The lowest BCUT2D eigenvalue weighted by Gasteiger charge is -2.26. The van der Waals surface area contributed by atoms with Crippen LogP contribution in [0.1, 0.15) is 12.0 Å². The van der Waals surface area contributed by atoms with Crippen LogP contribution in [0.4, 0.5) is 0 Å². The minimum absolute atomic E-state index is 0.0973. The van der Waals surface area contributed by atoms with E-state index in [4.69, 9.17) is 21.7 Å². The Labute approximate surface area is 147 Å². The number of phenolic OH excluding ortho intramolecular Hbond substituents is 1. The Hall–Kier alpha value is -1.90. The third kappa shape index (κ3) is 6.31. The van der Waals surface area contributed by atoms with Crippen molar-refractivity contribution < 1.29 is 14.6 Å². The second kappa shape index (κ2) is 10.1. The first-order valence-electron chi connectivity index (χ1n) is 7.93. The van der Waals surface area contributed by atoms with E-state index < -0.39 is 0 Å². The average Bonchev–Trinajstić information content (AvgIpc) is 2.61. The Kier molecular flexibility index (Phi) is 7.73. The molecule has 0 unspecified atom stereocenters. The summed E-state index contributed by atoms with van der Waals surface area (Å²) in [5.41, 5.74) is 3.57. The number of hydrogen-bond donors (Lipinski definition) is 3. The molecule has 2 rings (SSSR count). The second-order valence-corrected chi connectivity index (χ2v) is 5.77. The van der Waals surface area contributed by atoms with E-state index in [1.807, 2.05) is 0 Å². The Balaban J connectivity index is 1.63. The van der Waals surface area contributed by atoms with Crippen LogP contribution >= 0.6 is 12.2 Å². The summed E-state index contributed by atoms with van der Waals surface area (Å²) in [6, 6.07) is 4.99. The van der Waals surface area contributed by atoms with E-state index in [0.29, 0.717) is 10.9 Å². The molecule has 1 heterocycles. The van der Waals surface area contributed by atoms with E-state index in [0.717, 1.165) is 51.4 Å². The van der Waals surface area contributed by atoms with Crippen LogP contribution in [-0.4, -0.2) is 67.8 Å². The third-order valence-corrected chi connectivity index (χ3v) is 3.86. The summed E-state index contributed by atoms with van der Waals surface area (Å²) in [4.78, 5) is 2.39. The first-order chi connectivity index (χ1) is 11.7. The standard InChI is InChI=1S/C16H24N4O3S/c1-22-15-11-13(3-4-14(15)21)12-18-19-16(24)17-5-2-6-20-7-9-23-10-8-20/h3-4,11-12,21H,2,5-10H2,1H3,(H2,17,19,24)/b18-12+. The first-order valence-corrected chi connectivity index (χ1v) is 8.34. The van der Waals surface area contributed by atoms with Crippen LogP contribution in [0.15, 0.2) is 23.3 Å². The van der Waals surface area contributed by atoms with E-state index in [9.17, 15) is 5.11 Å². The molecule has 8 heteroatoms. The summed E-state index contributed by atoms with van der Waals surface area (Å²) in [5, 5.41) is 17.2. The molecular weight excluding hydrogens is 328 g/mol. The van der Waals surface area contributed by atoms with Gasteiger partial charge in [-0.2, -0.15) is 5.10 Å². The summed E-state index contributed by atoms with van der Waals surface area (Å²) >= 11 is 5.17. The zero-order chi connectivity index (χ0) is 17.2. The lowest BCUT2D eigenvalue weighted by atomic mass is 10.2. The zero-order valence-electron chi connectivity index (χ0n) is 13.8. The van der Waals surface area contributed by atoms with E-state index in [1.54, 1.807) is 24.4 Å². The van der Waals surface area contributed by atoms with Gasteiger partial charge in [-0.3, -0.25) is 10.3 Å². The number of benzene rings is 1. The number of methoxy groups -OCH3 is 1. The summed E-state index contributed by atoms with van der Waals surface area (Å²) in [7, 11) is 1.50. The fourth-order valence-corrected chi connectivity index (χ4v) is 2.46. The Bertz CT molecular complexity index is 562. The molecule has 1 aliphatic rings. The molecule has 7 nitrogen and oxygen atoms in total. The summed E-state index contributed by atoms with van der Waals surface area (Å²) in [6.45, 7) is 5.49. The topological polar surface area (TPSA) is 78.4 Å². The van der Waals surface area contributed by atoms with E-state index in [-0.39, 0.29) is 5.75 Å². The SMILES string of the molecule is COc1cc(/C=N/NC(=S)NCCCN2CCOCC2)ccc1O. The van der Waals surface area contributed by atoms with Gasteiger partial charge < -0.3 is 19.9 Å². The Morgan fingerprint density at radius 3 is 3.00 bits per heavy atom. The molecule has 0 aromatic heterocycles. The van der Waals surface area contributed by atoms with Crippen molar-refractivity contribution in [1.82, 2.24) is 15.6 Å². The third-order valence-electron chi connectivity index (χ3n) is 3.62. The van der Waals surface area contributed by atoms with Crippen molar-refractivity contribution in [2.45, 2.75) is 6.42 Å². The van der Waals surface area contributed by atoms with Crippen molar-refractivity contribution >= 4 is 23.5 Å². The van der Waals surface area contributed by atoms with Crippen molar-refractivity contribution in [1.29, 1.82) is 0 Å². The van der Waals surface area contributed by atoms with Crippen molar-refractivity contribution in [3.63, 3.8) is 0 Å². The molecule has 1 saturated heterocycles. The van der Waals surface area contributed by atoms with Gasteiger partial charge in [0.05, 0.1) is 26.5 Å². The molecule has 1 aromatic carbocycles. The average molecular weight is 352 g/mol. The number of morpholine rings is 1. The van der Waals surface area contributed by atoms with Crippen LogP contribution in [-0.2, 0) is 4.74 Å². The predicted octanol–water partition coefficient (Wildman–Crippen LogP) is 0.921. The molecule has 132 valence electrons. The number of hydrogen-bond acceptors (Lipinski definition) is 6. The fourth-order valence-electron chi connectivity index (χ4n) is 2.31.